The van der Waals surface area contributed by atoms with Gasteiger partial charge in [-0.05, 0) is 297 Å². The van der Waals surface area contributed by atoms with Crippen molar-refractivity contribution < 1.29 is 42.7 Å². The number of nitrogens with zero attached hydrogens (tertiary/aromatic N) is 15. The molecule has 3 N–H and O–H groups in total. The number of thiophene rings is 1. The Morgan fingerprint density at radius 3 is 1.13 bits per heavy atom. The maximum Gasteiger partial charge on any atom is 0.311 e. The third-order valence-electron chi connectivity index (χ3n) is 20.4. The zero-order valence-corrected chi connectivity index (χ0v) is 87.6. The Balaban J connectivity index is 0.000000142. The van der Waals surface area contributed by atoms with Crippen LogP contribution in [0, 0.1) is 0 Å². The molecular weight excluding hydrogens is 1840 g/mol. The molecule has 9 aromatic heterocycles. The van der Waals surface area contributed by atoms with Gasteiger partial charge in [-0.25, -0.2) is 64.8 Å². The van der Waals surface area contributed by atoms with Gasteiger partial charge in [0.05, 0.1) is 90.4 Å². The fraction of sp³-hybridized carbons (Fsp3) is 0.328. The zero-order valence-electron chi connectivity index (χ0n) is 86.8. The first kappa shape index (κ1) is 107. The van der Waals surface area contributed by atoms with Gasteiger partial charge in [-0.1, -0.05) is 152 Å². The van der Waals surface area contributed by atoms with E-state index in [1.807, 2.05) is 340 Å². The van der Waals surface area contributed by atoms with E-state index < -0.39 is 11.2 Å². The second-order valence-electron chi connectivity index (χ2n) is 41.1. The molecule has 0 aliphatic carbocycles. The Kier molecular flexibility index (Phi) is 35.8. The summed E-state index contributed by atoms with van der Waals surface area (Å²) in [5, 5.41) is 7.99. The molecule has 10 heterocycles. The van der Waals surface area contributed by atoms with Crippen molar-refractivity contribution in [3.05, 3.63) is 310 Å². The molecule has 0 atom stereocenters. The minimum Gasteiger partial charge on any atom is -0.471 e. The Hall–Kier alpha value is -15.4. The summed E-state index contributed by atoms with van der Waals surface area (Å²) in [5.41, 5.74) is 14.9. The van der Waals surface area contributed by atoms with Crippen molar-refractivity contribution in [2.24, 2.45) is 0 Å². The summed E-state index contributed by atoms with van der Waals surface area (Å²) >= 11 is 1.78. The first-order valence-corrected chi connectivity index (χ1v) is 49.6. The number of H-pyrrole nitrogens is 1. The van der Waals surface area contributed by atoms with Crippen molar-refractivity contribution in [1.82, 2.24) is 74.8 Å². The highest BCUT2D eigenvalue weighted by Gasteiger charge is 2.28. The molecule has 19 rings (SSSR count). The highest BCUT2D eigenvalue weighted by molar-refractivity contribution is 7.09. The van der Waals surface area contributed by atoms with Crippen molar-refractivity contribution in [2.75, 3.05) is 48.4 Å². The number of morpholine rings is 1. The summed E-state index contributed by atoms with van der Waals surface area (Å²) in [4.78, 5) is 92.6. The minimum atomic E-state index is -0.428. The number of aromatic nitrogens is 15. The van der Waals surface area contributed by atoms with Gasteiger partial charge in [0.15, 0.2) is 17.5 Å². The quantitative estimate of drug-likeness (QED) is 0.0563. The number of pyridine rings is 1. The average molecular weight is 1970 g/mol. The van der Waals surface area contributed by atoms with Crippen molar-refractivity contribution >= 4 is 112 Å². The van der Waals surface area contributed by atoms with Crippen LogP contribution in [-0.4, -0.2) is 153 Å². The van der Waals surface area contributed by atoms with Gasteiger partial charge < -0.3 is 58.4 Å². The number of aryl methyl sites for hydroxylation is 4. The zero-order chi connectivity index (χ0) is 104. The Morgan fingerprint density at radius 1 is 0.338 bits per heavy atom. The van der Waals surface area contributed by atoms with Crippen molar-refractivity contribution in [3.63, 3.8) is 0 Å². The fourth-order valence-electron chi connectivity index (χ4n) is 14.4. The first-order chi connectivity index (χ1) is 69.0. The van der Waals surface area contributed by atoms with E-state index >= 15 is 0 Å². The number of anilines is 3. The lowest BCUT2D eigenvalue weighted by atomic mass is 10.1. The van der Waals surface area contributed by atoms with Gasteiger partial charge in [0.1, 0.15) is 56.3 Å². The molecule has 28 nitrogen and oxygen atoms in total. The average Bonchev–Trinajstić information content (AvgIpc) is 0.922. The third-order valence-corrected chi connectivity index (χ3v) is 21.3. The summed E-state index contributed by atoms with van der Waals surface area (Å²) in [7, 11) is 0. The summed E-state index contributed by atoms with van der Waals surface area (Å²) in [6.45, 7) is 45.5. The van der Waals surface area contributed by atoms with Crippen LogP contribution in [0.25, 0.3) is 88.5 Å². The summed E-state index contributed by atoms with van der Waals surface area (Å²) in [6, 6.07) is 83.1. The number of benzene rings is 9. The van der Waals surface area contributed by atoms with Gasteiger partial charge in [0.25, 0.3) is 23.5 Å². The number of carbonyl (C=O) groups is 1. The summed E-state index contributed by atoms with van der Waals surface area (Å²) < 4.78 is 46.7. The molecule has 9 aromatic carbocycles. The van der Waals surface area contributed by atoms with Crippen LogP contribution in [0.4, 0.5) is 17.5 Å². The van der Waals surface area contributed by atoms with Gasteiger partial charge in [-0.3, -0.25) is 14.6 Å². The number of ether oxygens (including phenoxy) is 8. The molecule has 0 spiro atoms. The predicted molar refractivity (Wildman–Crippen MR) is 582 cm³/mol. The smallest absolute Gasteiger partial charge is 0.311 e. The molecular formula is C116H132N18O10S. The van der Waals surface area contributed by atoms with E-state index in [9.17, 15) is 9.59 Å². The second kappa shape index (κ2) is 48.6. The van der Waals surface area contributed by atoms with Crippen LogP contribution in [0.15, 0.2) is 277 Å². The normalized spacial score (nSPS) is 12.2. The van der Waals surface area contributed by atoms with Crippen LogP contribution in [0.2, 0.25) is 0 Å². The van der Waals surface area contributed by atoms with E-state index in [0.717, 1.165) is 146 Å². The molecule has 0 unspecified atom stereocenters. The maximum absolute atomic E-state index is 11.7. The van der Waals surface area contributed by atoms with Gasteiger partial charge in [0, 0.05) is 42.5 Å². The maximum atomic E-state index is 11.7. The van der Waals surface area contributed by atoms with E-state index in [2.05, 4.69) is 131 Å². The SMILES string of the molecule is CC(C)(C)Oc1nc2ccccc2[nH]c1=O.CC(C)(C)Oc1nc2ccccc2nc1-c1cccnc1.CC(C)(C)Oc1nc2ccccc2nc1CCc1ccccc1.CC(C)(C)Oc1nc2ccccc2nc1CCc1cccs1.CC(C)(C)Oc1nc2ccccc2nc1N1CCOCC1.CC(C)(C)Oc1nc2ccccc2nc1NC=O.CC(C)(C)Oc1nc2ccccc2nc1NCCc1ccccc1. The molecule has 145 heavy (non-hydrogen) atoms. The number of hydrogen-bond acceptors (Lipinski definition) is 27. The third kappa shape index (κ3) is 33.9. The van der Waals surface area contributed by atoms with Crippen molar-refractivity contribution in [2.45, 2.75) is 217 Å². The van der Waals surface area contributed by atoms with Gasteiger partial charge in [-0.15, -0.1) is 11.3 Å². The Bertz CT molecular complexity index is 7340. The number of aromatic amines is 1. The largest absolute Gasteiger partial charge is 0.471 e. The number of rotatable bonds is 21. The molecule has 1 saturated heterocycles. The predicted octanol–water partition coefficient (Wildman–Crippen LogP) is 24.7. The number of amides is 1. The number of nitrogens with one attached hydrogen (secondary N) is 3. The van der Waals surface area contributed by atoms with Crippen LogP contribution in [-0.2, 0) is 41.6 Å². The van der Waals surface area contributed by atoms with Crippen LogP contribution < -0.4 is 54.3 Å². The topological polar surface area (TPSA) is 332 Å². The molecule has 0 radical (unpaired) electrons. The molecule has 0 bridgehead atoms. The number of carbonyl (C=O) groups excluding carboxylic acids is 1. The highest BCUT2D eigenvalue weighted by Crippen LogP contribution is 2.36. The molecule has 18 aromatic rings. The van der Waals surface area contributed by atoms with Gasteiger partial charge >= 0.3 is 5.56 Å². The van der Waals surface area contributed by atoms with Crippen LogP contribution >= 0.6 is 11.3 Å². The monoisotopic (exact) mass is 1970 g/mol. The van der Waals surface area contributed by atoms with Gasteiger partial charge in [0.2, 0.25) is 24.1 Å². The van der Waals surface area contributed by atoms with E-state index in [4.69, 9.17) is 62.8 Å². The summed E-state index contributed by atoms with van der Waals surface area (Å²) in [6.07, 6.45) is 8.53. The van der Waals surface area contributed by atoms with E-state index in [1.165, 1.54) is 16.0 Å². The lowest BCUT2D eigenvalue weighted by Crippen LogP contribution is -2.37. The lowest BCUT2D eigenvalue weighted by molar-refractivity contribution is -0.105. The summed E-state index contributed by atoms with van der Waals surface area (Å²) in [5.74, 6) is 5.27. The molecule has 752 valence electrons. The van der Waals surface area contributed by atoms with E-state index in [-0.39, 0.29) is 39.4 Å². The number of para-hydroxylation sites is 14. The number of hydrogen-bond donors (Lipinski definition) is 3. The molecule has 1 fully saturated rings. The number of fused-ring (bicyclic) bond motifs is 7. The molecule has 1 aliphatic heterocycles. The fourth-order valence-corrected chi connectivity index (χ4v) is 15.1. The van der Waals surface area contributed by atoms with Crippen molar-refractivity contribution in [1.29, 1.82) is 0 Å². The van der Waals surface area contributed by atoms with E-state index in [0.29, 0.717) is 77.6 Å². The lowest BCUT2D eigenvalue weighted by Gasteiger charge is -2.30. The highest BCUT2D eigenvalue weighted by atomic mass is 32.1. The van der Waals surface area contributed by atoms with Crippen molar-refractivity contribution in [3.8, 4) is 52.4 Å². The van der Waals surface area contributed by atoms with Gasteiger partial charge in [-0.2, -0.15) is 0 Å². The van der Waals surface area contributed by atoms with Crippen LogP contribution in [0.3, 0.4) is 0 Å². The van der Waals surface area contributed by atoms with E-state index in [1.54, 1.807) is 23.7 Å². The first-order valence-electron chi connectivity index (χ1n) is 48.7. The minimum absolute atomic E-state index is 0.117. The van der Waals surface area contributed by atoms with Crippen LogP contribution in [0.1, 0.15) is 173 Å². The molecule has 1 amide bonds. The molecule has 1 aliphatic rings. The second-order valence-corrected chi connectivity index (χ2v) is 42.1. The molecule has 0 saturated carbocycles. The standard InChI is InChI=1S/C20H23N3O.C20H22N2O.C18H20N2OS.C17H17N3O.C16H21N3O2.C13H15N3O2.C12H14N2O2/c1-20(2,3)24-19-18(21-14-13-15-9-5-4-6-10-15)22-16-11-7-8-12-17(16)23-19;1-20(2,3)23-19-18(14-13-15-9-5-4-6-10-15)21-16-11-7-8-12-17(16)22-19;1-18(2,3)21-17-16(11-10-13-7-6-12-22-13)19-14-8-4-5-9-15(14)20-17;1-17(2,3)21-16-15(12-7-6-10-18-11-12)19-13-8-4-5-9-14(13)20-16;1-16(2,3)21-15-14(19-8-10-20-11-9-19)17-12-6-4-5-7-13(12)18-15;1-13(2,3)18-12-11(14-8-17)15-9-6-4-5-7-10(9)16-12;1-12(2,3)16-11-10(15)13-8-6-4-5-7-9(8)14-11/h4-12H,13-14H2,1-3H3,(H,21,22);4-12H,13-14H2,1-3H3;4-9,12H,10-11H2,1-3H3;4-11H,1-3H3;4-7H,8-11H2,1-3H3;4-8H,1-3H3,(H,14,15,17);4-7H,1-3H3,(H,13,15). The Morgan fingerprint density at radius 2 is 0.690 bits per heavy atom. The molecule has 29 heteroatoms. The Labute approximate surface area is 852 Å². The van der Waals surface area contributed by atoms with Crippen LogP contribution in [0.5, 0.6) is 41.2 Å².